The monoisotopic (exact) mass is 430 g/mol. The molecule has 7 nitrogen and oxygen atoms in total. The van der Waals surface area contributed by atoms with E-state index in [0.29, 0.717) is 32.7 Å². The highest BCUT2D eigenvalue weighted by atomic mass is 32.1. The van der Waals surface area contributed by atoms with Crippen molar-refractivity contribution in [3.8, 4) is 22.1 Å². The minimum absolute atomic E-state index is 0.0736. The van der Waals surface area contributed by atoms with Crippen LogP contribution in [0, 0.1) is 6.92 Å². The summed E-state index contributed by atoms with van der Waals surface area (Å²) in [5, 5.41) is 9.68. The number of benzene rings is 1. The number of hydrogen-bond donors (Lipinski definition) is 2. The average Bonchev–Trinajstić information content (AvgIpc) is 3.35. The van der Waals surface area contributed by atoms with Crippen LogP contribution in [0.2, 0.25) is 0 Å². The van der Waals surface area contributed by atoms with Crippen LogP contribution in [0.1, 0.15) is 20.9 Å². The van der Waals surface area contributed by atoms with Crippen molar-refractivity contribution in [1.82, 2.24) is 25.1 Å². The van der Waals surface area contributed by atoms with Crippen molar-refractivity contribution in [3.05, 3.63) is 64.8 Å². The zero-order valence-electron chi connectivity index (χ0n) is 15.4. The molecular weight excluding hydrogens is 417 g/mol. The lowest BCUT2D eigenvalue weighted by Crippen LogP contribution is -2.12. The van der Waals surface area contributed by atoms with Crippen LogP contribution in [0.3, 0.4) is 0 Å². The number of rotatable bonds is 4. The molecule has 0 spiro atoms. The number of amides is 1. The van der Waals surface area contributed by atoms with Gasteiger partial charge in [0, 0.05) is 11.8 Å². The highest BCUT2D eigenvalue weighted by Gasteiger charge is 2.30. The van der Waals surface area contributed by atoms with Gasteiger partial charge in [0.1, 0.15) is 15.6 Å². The van der Waals surface area contributed by atoms with Gasteiger partial charge in [-0.25, -0.2) is 4.98 Å². The molecule has 4 rings (SSSR count). The number of aryl methyl sites for hydroxylation is 1. The summed E-state index contributed by atoms with van der Waals surface area (Å²) >= 11 is 1.07. The normalized spacial score (nSPS) is 11.5. The molecule has 0 fully saturated rings. The summed E-state index contributed by atoms with van der Waals surface area (Å²) in [6.07, 6.45) is -2.80. The number of anilines is 1. The maximum atomic E-state index is 12.7. The zero-order valence-corrected chi connectivity index (χ0v) is 16.2. The van der Waals surface area contributed by atoms with Crippen molar-refractivity contribution in [2.24, 2.45) is 0 Å². The van der Waals surface area contributed by atoms with Crippen molar-refractivity contribution in [3.63, 3.8) is 0 Å². The van der Waals surface area contributed by atoms with Crippen LogP contribution in [0.25, 0.3) is 22.1 Å². The summed E-state index contributed by atoms with van der Waals surface area (Å²) < 4.78 is 38.2. The summed E-state index contributed by atoms with van der Waals surface area (Å²) in [5.74, 6) is 0.0108. The highest BCUT2D eigenvalue weighted by molar-refractivity contribution is 7.17. The lowest BCUT2D eigenvalue weighted by Gasteiger charge is -2.06. The number of carbonyl (C=O) groups excluding carboxylic acids is 1. The number of pyridine rings is 1. The van der Waals surface area contributed by atoms with Crippen molar-refractivity contribution in [2.75, 3.05) is 5.32 Å². The molecule has 0 atom stereocenters. The predicted octanol–water partition coefficient (Wildman–Crippen LogP) is 4.57. The van der Waals surface area contributed by atoms with Gasteiger partial charge in [-0.2, -0.15) is 18.2 Å². The fourth-order valence-electron chi connectivity index (χ4n) is 2.63. The van der Waals surface area contributed by atoms with E-state index in [0.717, 1.165) is 23.5 Å². The Bertz CT molecular complexity index is 1190. The molecule has 0 radical (unpaired) electrons. The lowest BCUT2D eigenvalue weighted by molar-refractivity contribution is -0.137. The van der Waals surface area contributed by atoms with Crippen LogP contribution in [0.4, 0.5) is 19.1 Å². The minimum atomic E-state index is -4.41. The number of aromatic nitrogens is 5. The summed E-state index contributed by atoms with van der Waals surface area (Å²) in [7, 11) is 0. The second kappa shape index (κ2) is 7.67. The molecule has 0 bridgehead atoms. The molecule has 1 amide bonds. The summed E-state index contributed by atoms with van der Waals surface area (Å²) in [4.78, 5) is 25.6. The van der Waals surface area contributed by atoms with Gasteiger partial charge in [-0.3, -0.25) is 20.2 Å². The van der Waals surface area contributed by atoms with Crippen LogP contribution in [0.15, 0.2) is 48.7 Å². The van der Waals surface area contributed by atoms with E-state index >= 15 is 0 Å². The number of nitrogens with one attached hydrogen (secondary N) is 2. The van der Waals surface area contributed by atoms with E-state index in [1.165, 1.54) is 12.1 Å². The second-order valence-electron chi connectivity index (χ2n) is 6.19. The van der Waals surface area contributed by atoms with Gasteiger partial charge in [0.25, 0.3) is 5.91 Å². The number of thiazole rings is 1. The van der Waals surface area contributed by atoms with Crippen molar-refractivity contribution in [2.45, 2.75) is 13.1 Å². The van der Waals surface area contributed by atoms with Gasteiger partial charge in [-0.1, -0.05) is 18.2 Å². The van der Waals surface area contributed by atoms with Crippen molar-refractivity contribution < 1.29 is 18.0 Å². The number of alkyl halides is 3. The predicted molar refractivity (Wildman–Crippen MR) is 105 cm³/mol. The quantitative estimate of drug-likeness (QED) is 0.494. The van der Waals surface area contributed by atoms with Crippen LogP contribution in [0.5, 0.6) is 0 Å². The Morgan fingerprint density at radius 2 is 1.87 bits per heavy atom. The Hall–Kier alpha value is -3.60. The Balaban J connectivity index is 1.52. The third-order valence-corrected chi connectivity index (χ3v) is 5.29. The molecule has 0 unspecified atom stereocenters. The van der Waals surface area contributed by atoms with Crippen molar-refractivity contribution >= 4 is 23.2 Å². The molecule has 3 heterocycles. The third kappa shape index (κ3) is 4.06. The van der Waals surface area contributed by atoms with Crippen molar-refractivity contribution in [1.29, 1.82) is 0 Å². The van der Waals surface area contributed by atoms with Gasteiger partial charge in [-0.15, -0.1) is 16.4 Å². The first-order valence-electron chi connectivity index (χ1n) is 8.61. The van der Waals surface area contributed by atoms with Crippen LogP contribution >= 0.6 is 11.3 Å². The first-order chi connectivity index (χ1) is 14.3. The van der Waals surface area contributed by atoms with E-state index in [-0.39, 0.29) is 5.95 Å². The molecule has 30 heavy (non-hydrogen) atoms. The Labute approximate surface area is 172 Å². The minimum Gasteiger partial charge on any atom is -0.288 e. The topological polar surface area (TPSA) is 96.5 Å². The molecule has 11 heteroatoms. The number of halogens is 3. The van der Waals surface area contributed by atoms with Gasteiger partial charge in [0.2, 0.25) is 5.95 Å². The highest BCUT2D eigenvalue weighted by Crippen LogP contribution is 2.33. The molecule has 2 N–H and O–H groups in total. The standard InChI is InChI=1S/C19H13F3N6OS/c1-10-14(30-17(24-10)11-5-7-12(8-6-11)19(20,21)22)16(29)26-18-25-15(27-28-18)13-4-2-3-9-23-13/h2-9H,1H3,(H2,25,26,27,28,29). The maximum absolute atomic E-state index is 12.7. The van der Waals surface area contributed by atoms with E-state index in [2.05, 4.69) is 30.5 Å². The van der Waals surface area contributed by atoms with E-state index in [1.807, 2.05) is 0 Å². The van der Waals surface area contributed by atoms with Crippen LogP contribution in [-0.4, -0.2) is 31.1 Å². The molecule has 1 aromatic carbocycles. The number of hydrogen-bond acceptors (Lipinski definition) is 6. The Morgan fingerprint density at radius 3 is 2.53 bits per heavy atom. The third-order valence-electron chi connectivity index (χ3n) is 4.08. The molecule has 0 aliphatic rings. The summed E-state index contributed by atoms with van der Waals surface area (Å²) in [5.41, 5.74) is 0.772. The van der Waals surface area contributed by atoms with Gasteiger partial charge in [-0.05, 0) is 31.2 Å². The van der Waals surface area contributed by atoms with Gasteiger partial charge in [0.05, 0.1) is 11.3 Å². The molecule has 0 saturated carbocycles. The molecule has 152 valence electrons. The number of aromatic amines is 1. The molecule has 0 aliphatic heterocycles. The largest absolute Gasteiger partial charge is 0.416 e. The van der Waals surface area contributed by atoms with Crippen LogP contribution in [-0.2, 0) is 6.18 Å². The Morgan fingerprint density at radius 1 is 1.10 bits per heavy atom. The number of H-pyrrole nitrogens is 1. The average molecular weight is 430 g/mol. The van der Waals surface area contributed by atoms with Gasteiger partial charge >= 0.3 is 6.18 Å². The lowest BCUT2D eigenvalue weighted by atomic mass is 10.1. The molecule has 3 aromatic heterocycles. The molecular formula is C19H13F3N6OS. The fourth-order valence-corrected chi connectivity index (χ4v) is 3.59. The van der Waals surface area contributed by atoms with E-state index in [4.69, 9.17) is 0 Å². The molecule has 0 saturated heterocycles. The zero-order chi connectivity index (χ0) is 21.3. The summed E-state index contributed by atoms with van der Waals surface area (Å²) in [6.45, 7) is 1.65. The van der Waals surface area contributed by atoms with E-state index in [9.17, 15) is 18.0 Å². The maximum Gasteiger partial charge on any atom is 0.416 e. The second-order valence-corrected chi connectivity index (χ2v) is 7.18. The van der Waals surface area contributed by atoms with Gasteiger partial charge in [0.15, 0.2) is 5.82 Å². The van der Waals surface area contributed by atoms with E-state index in [1.54, 1.807) is 31.3 Å². The Kier molecular flexibility index (Phi) is 5.04. The molecule has 4 aromatic rings. The van der Waals surface area contributed by atoms with Gasteiger partial charge < -0.3 is 0 Å². The number of carbonyl (C=O) groups is 1. The molecule has 0 aliphatic carbocycles. The van der Waals surface area contributed by atoms with E-state index < -0.39 is 17.6 Å². The summed E-state index contributed by atoms with van der Waals surface area (Å²) in [6, 6.07) is 9.94. The smallest absolute Gasteiger partial charge is 0.288 e. The first kappa shape index (κ1) is 19.7. The number of nitrogens with zero attached hydrogens (tertiary/aromatic N) is 4. The first-order valence-corrected chi connectivity index (χ1v) is 9.43. The van der Waals surface area contributed by atoms with Crippen LogP contribution < -0.4 is 5.32 Å². The fraction of sp³-hybridized carbons (Fsp3) is 0.105. The SMILES string of the molecule is Cc1nc(-c2ccc(C(F)(F)F)cc2)sc1C(=O)Nc1n[nH]c(-c2ccccn2)n1.